The quantitative estimate of drug-likeness (QED) is 0.394. The van der Waals surface area contributed by atoms with Gasteiger partial charge in [0.15, 0.2) is 0 Å². The van der Waals surface area contributed by atoms with Crippen molar-refractivity contribution < 1.29 is 0 Å². The van der Waals surface area contributed by atoms with Crippen molar-refractivity contribution in [1.82, 2.24) is 0 Å². The molecule has 0 amide bonds. The van der Waals surface area contributed by atoms with Crippen LogP contribution >= 0.6 is 0 Å². The maximum atomic E-state index is 2.42. The zero-order valence-corrected chi connectivity index (χ0v) is 9.56. The summed E-state index contributed by atoms with van der Waals surface area (Å²) in [4.78, 5) is 0. The molecular weight excluding hydrogens is 192 g/mol. The number of rotatable bonds is 0. The van der Waals surface area contributed by atoms with E-state index in [1.807, 2.05) is 13.8 Å². The summed E-state index contributed by atoms with van der Waals surface area (Å²) in [6, 6.07) is 0. The first-order valence-electron chi connectivity index (χ1n) is 5.72. The summed E-state index contributed by atoms with van der Waals surface area (Å²) in [5.41, 5.74) is 0. The second kappa shape index (κ2) is 17.4. The molecule has 0 nitrogen and oxygen atoms in total. The summed E-state index contributed by atoms with van der Waals surface area (Å²) in [6.45, 7) is 11.2. The van der Waals surface area contributed by atoms with Gasteiger partial charge in [0.2, 0.25) is 0 Å². The van der Waals surface area contributed by atoms with E-state index in [0.717, 1.165) is 17.8 Å². The summed E-state index contributed by atoms with van der Waals surface area (Å²) in [6.07, 6.45) is 5.86. The van der Waals surface area contributed by atoms with Gasteiger partial charge in [-0.1, -0.05) is 90.0 Å². The molecule has 106 valence electrons. The lowest BCUT2D eigenvalue weighted by molar-refractivity contribution is 0.284. The highest BCUT2D eigenvalue weighted by Crippen LogP contribution is 2.32. The molecule has 0 spiro atoms. The van der Waals surface area contributed by atoms with Gasteiger partial charge in [0, 0.05) is 0 Å². The molecule has 2 unspecified atom stereocenters. The van der Waals surface area contributed by atoms with Crippen molar-refractivity contribution in [3.05, 3.63) is 0 Å². The van der Waals surface area contributed by atoms with Gasteiger partial charge in [-0.2, -0.15) is 0 Å². The van der Waals surface area contributed by atoms with Gasteiger partial charge in [-0.25, -0.2) is 0 Å². The van der Waals surface area contributed by atoms with Crippen LogP contribution in [0.4, 0.5) is 0 Å². The lowest BCUT2D eigenvalue weighted by Crippen LogP contribution is -2.13. The zero-order valence-electron chi connectivity index (χ0n) is 9.56. The predicted molar refractivity (Wildman–Crippen MR) is 84.2 cm³/mol. The van der Waals surface area contributed by atoms with Gasteiger partial charge in [0.05, 0.1) is 0 Å². The van der Waals surface area contributed by atoms with Gasteiger partial charge >= 0.3 is 0 Å². The SMILES string of the molecule is C.C.C.C.CC.CC1CCCCC(C)C1C. The molecule has 2 atom stereocenters. The largest absolute Gasteiger partial charge is 0.0776 e. The summed E-state index contributed by atoms with van der Waals surface area (Å²) >= 11 is 0. The van der Waals surface area contributed by atoms with E-state index in [0.29, 0.717) is 0 Å². The van der Waals surface area contributed by atoms with Crippen LogP contribution < -0.4 is 0 Å². The maximum Gasteiger partial charge on any atom is -0.0391 e. The van der Waals surface area contributed by atoms with Crippen LogP contribution in [-0.2, 0) is 0 Å². The molecule has 0 heteroatoms. The van der Waals surface area contributed by atoms with Crippen molar-refractivity contribution in [2.24, 2.45) is 17.8 Å². The molecule has 0 aromatic heterocycles. The van der Waals surface area contributed by atoms with Crippen molar-refractivity contribution >= 4 is 0 Å². The van der Waals surface area contributed by atoms with Crippen LogP contribution in [0.1, 0.15) is 90.0 Å². The Morgan fingerprint density at radius 2 is 0.875 bits per heavy atom. The zero-order chi connectivity index (χ0) is 9.56. The standard InChI is InChI=1S/C10H20.C2H6.4CH4/c1-8-6-4-5-7-9(2)10(8)3;1-2;;;;/h8-10H,4-7H2,1-3H3;1-2H3;4*1H4. The van der Waals surface area contributed by atoms with E-state index in [2.05, 4.69) is 20.8 Å². The molecule has 16 heavy (non-hydrogen) atoms. The fourth-order valence-corrected chi connectivity index (χ4v) is 2.02. The normalized spacial score (nSPS) is 27.2. The lowest BCUT2D eigenvalue weighted by Gasteiger charge is -2.21. The average Bonchev–Trinajstić information content (AvgIpc) is 2.24. The Labute approximate surface area is 108 Å². The van der Waals surface area contributed by atoms with E-state index in [-0.39, 0.29) is 29.7 Å². The van der Waals surface area contributed by atoms with Gasteiger partial charge in [-0.3, -0.25) is 0 Å². The monoisotopic (exact) mass is 234 g/mol. The molecule has 0 heterocycles. The van der Waals surface area contributed by atoms with Crippen LogP contribution in [0.15, 0.2) is 0 Å². The molecular formula is C16H42. The third-order valence-electron chi connectivity index (χ3n) is 3.36. The van der Waals surface area contributed by atoms with E-state index < -0.39 is 0 Å². The van der Waals surface area contributed by atoms with Crippen LogP contribution in [0.3, 0.4) is 0 Å². The van der Waals surface area contributed by atoms with Crippen molar-refractivity contribution in [3.63, 3.8) is 0 Å². The third kappa shape index (κ3) is 10.5. The smallest absolute Gasteiger partial charge is 0.0391 e. The Morgan fingerprint density at radius 3 is 1.12 bits per heavy atom. The first-order chi connectivity index (χ1) is 5.72. The molecule has 1 rings (SSSR count). The Morgan fingerprint density at radius 1 is 0.625 bits per heavy atom. The fraction of sp³-hybridized carbons (Fsp3) is 1.00. The summed E-state index contributed by atoms with van der Waals surface area (Å²) in [5.74, 6) is 2.90. The first kappa shape index (κ1) is 29.8. The van der Waals surface area contributed by atoms with E-state index in [1.165, 1.54) is 25.7 Å². The molecule has 0 aromatic carbocycles. The number of hydrogen-bond acceptors (Lipinski definition) is 0. The predicted octanol–water partition coefficient (Wildman–Crippen LogP) is 7.04. The van der Waals surface area contributed by atoms with Crippen LogP contribution in [0, 0.1) is 17.8 Å². The highest BCUT2D eigenvalue weighted by Gasteiger charge is 2.21. The Bertz CT molecular complexity index is 84.2. The topological polar surface area (TPSA) is 0 Å². The van der Waals surface area contributed by atoms with Gasteiger partial charge in [0.25, 0.3) is 0 Å². The summed E-state index contributed by atoms with van der Waals surface area (Å²) in [7, 11) is 0. The molecule has 1 aliphatic carbocycles. The second-order valence-corrected chi connectivity index (χ2v) is 4.10. The molecule has 0 N–H and O–H groups in total. The Kier molecular flexibility index (Phi) is 32.3. The minimum absolute atomic E-state index is 0. The summed E-state index contributed by atoms with van der Waals surface area (Å²) in [5, 5.41) is 0. The van der Waals surface area contributed by atoms with Crippen LogP contribution in [0.25, 0.3) is 0 Å². The fourth-order valence-electron chi connectivity index (χ4n) is 2.02. The molecule has 1 aliphatic rings. The summed E-state index contributed by atoms with van der Waals surface area (Å²) < 4.78 is 0. The minimum atomic E-state index is 0. The van der Waals surface area contributed by atoms with Crippen LogP contribution in [0.5, 0.6) is 0 Å². The second-order valence-electron chi connectivity index (χ2n) is 4.10. The van der Waals surface area contributed by atoms with Crippen molar-refractivity contribution in [1.29, 1.82) is 0 Å². The van der Waals surface area contributed by atoms with Crippen LogP contribution in [0.2, 0.25) is 0 Å². The Balaban J connectivity index is -0.0000000637. The van der Waals surface area contributed by atoms with Gasteiger partial charge in [0.1, 0.15) is 0 Å². The molecule has 0 bridgehead atoms. The van der Waals surface area contributed by atoms with Gasteiger partial charge < -0.3 is 0 Å². The van der Waals surface area contributed by atoms with Gasteiger partial charge in [-0.05, 0) is 17.8 Å². The van der Waals surface area contributed by atoms with Gasteiger partial charge in [-0.15, -0.1) is 0 Å². The lowest BCUT2D eigenvalue weighted by atomic mass is 9.84. The van der Waals surface area contributed by atoms with E-state index in [1.54, 1.807) is 0 Å². The highest BCUT2D eigenvalue weighted by atomic mass is 14.3. The highest BCUT2D eigenvalue weighted by molar-refractivity contribution is 4.72. The van der Waals surface area contributed by atoms with Crippen molar-refractivity contribution in [2.75, 3.05) is 0 Å². The molecule has 1 fully saturated rings. The third-order valence-corrected chi connectivity index (χ3v) is 3.36. The van der Waals surface area contributed by atoms with E-state index >= 15 is 0 Å². The Hall–Kier alpha value is 0. The van der Waals surface area contributed by atoms with E-state index in [4.69, 9.17) is 0 Å². The number of hydrogen-bond donors (Lipinski definition) is 0. The molecule has 0 aliphatic heterocycles. The molecule has 0 aromatic rings. The van der Waals surface area contributed by atoms with Crippen LogP contribution in [-0.4, -0.2) is 0 Å². The molecule has 0 saturated heterocycles. The molecule has 0 radical (unpaired) electrons. The first-order valence-corrected chi connectivity index (χ1v) is 5.72. The minimum Gasteiger partial charge on any atom is -0.0776 e. The van der Waals surface area contributed by atoms with Crippen molar-refractivity contribution in [2.45, 2.75) is 90.0 Å². The van der Waals surface area contributed by atoms with Crippen molar-refractivity contribution in [3.8, 4) is 0 Å². The van der Waals surface area contributed by atoms with E-state index in [9.17, 15) is 0 Å². The average molecular weight is 235 g/mol. The molecule has 1 saturated carbocycles. The maximum absolute atomic E-state index is 2.42.